The molecule has 3 heteroatoms. The predicted octanol–water partition coefficient (Wildman–Crippen LogP) is 3.25. The van der Waals surface area contributed by atoms with Crippen LogP contribution in [0.2, 0.25) is 0 Å². The molecule has 2 amide bonds. The zero-order valence-corrected chi connectivity index (χ0v) is 11.8. The molecule has 0 aromatic rings. The largest absolute Gasteiger partial charge is 0.335 e. The van der Waals surface area contributed by atoms with Crippen LogP contribution in [-0.4, -0.2) is 30.1 Å². The van der Waals surface area contributed by atoms with Crippen LogP contribution in [0.3, 0.4) is 0 Å². The molecule has 1 rings (SSSR count). The molecular weight excluding hydrogens is 212 g/mol. The lowest BCUT2D eigenvalue weighted by atomic mass is 10.1. The Kier molecular flexibility index (Phi) is 5.79. The standard InChI is InChI=1S/C14H28N2O/c1-11(2)9-16(10-12(3)4)14(17)15-13-7-5-6-8-13/h11-13H,5-10H2,1-4H3,(H,15,17). The number of carbonyl (C=O) groups excluding carboxylic acids is 1. The van der Waals surface area contributed by atoms with Crippen LogP contribution in [0.4, 0.5) is 4.79 Å². The van der Waals surface area contributed by atoms with Crippen molar-refractivity contribution in [2.75, 3.05) is 13.1 Å². The number of hydrogen-bond donors (Lipinski definition) is 1. The van der Waals surface area contributed by atoms with E-state index in [-0.39, 0.29) is 6.03 Å². The van der Waals surface area contributed by atoms with Crippen LogP contribution < -0.4 is 5.32 Å². The van der Waals surface area contributed by atoms with E-state index in [9.17, 15) is 4.79 Å². The number of hydrogen-bond acceptors (Lipinski definition) is 1. The molecule has 0 saturated heterocycles. The van der Waals surface area contributed by atoms with Crippen molar-refractivity contribution in [3.05, 3.63) is 0 Å². The van der Waals surface area contributed by atoms with E-state index in [0.717, 1.165) is 25.9 Å². The van der Waals surface area contributed by atoms with Gasteiger partial charge in [0.25, 0.3) is 0 Å². The number of urea groups is 1. The third-order valence-corrected chi connectivity index (χ3v) is 3.14. The first-order valence-electron chi connectivity index (χ1n) is 7.04. The minimum Gasteiger partial charge on any atom is -0.335 e. The Morgan fingerprint density at radius 3 is 2.00 bits per heavy atom. The lowest BCUT2D eigenvalue weighted by Crippen LogP contribution is -2.46. The van der Waals surface area contributed by atoms with Crippen molar-refractivity contribution >= 4 is 6.03 Å². The molecule has 1 aliphatic rings. The van der Waals surface area contributed by atoms with Crippen LogP contribution in [0.5, 0.6) is 0 Å². The summed E-state index contributed by atoms with van der Waals surface area (Å²) in [6.07, 6.45) is 4.84. The summed E-state index contributed by atoms with van der Waals surface area (Å²) in [5.41, 5.74) is 0. The summed E-state index contributed by atoms with van der Waals surface area (Å²) in [6.45, 7) is 10.4. The van der Waals surface area contributed by atoms with E-state index in [1.54, 1.807) is 0 Å². The molecule has 3 nitrogen and oxygen atoms in total. The molecule has 0 atom stereocenters. The van der Waals surface area contributed by atoms with E-state index < -0.39 is 0 Å². The minimum absolute atomic E-state index is 0.138. The van der Waals surface area contributed by atoms with E-state index in [4.69, 9.17) is 0 Å². The predicted molar refractivity (Wildman–Crippen MR) is 72.0 cm³/mol. The highest BCUT2D eigenvalue weighted by Crippen LogP contribution is 2.18. The highest BCUT2D eigenvalue weighted by atomic mass is 16.2. The Hall–Kier alpha value is -0.730. The van der Waals surface area contributed by atoms with Gasteiger partial charge >= 0.3 is 6.03 Å². The van der Waals surface area contributed by atoms with E-state index in [1.165, 1.54) is 12.8 Å². The monoisotopic (exact) mass is 240 g/mol. The van der Waals surface area contributed by atoms with Gasteiger partial charge in [0, 0.05) is 19.1 Å². The van der Waals surface area contributed by atoms with E-state index in [2.05, 4.69) is 33.0 Å². The SMILES string of the molecule is CC(C)CN(CC(C)C)C(=O)NC1CCCC1. The van der Waals surface area contributed by atoms with Gasteiger partial charge in [0.2, 0.25) is 0 Å². The molecule has 0 aromatic carbocycles. The van der Waals surface area contributed by atoms with Crippen molar-refractivity contribution in [2.24, 2.45) is 11.8 Å². The van der Waals surface area contributed by atoms with Crippen molar-refractivity contribution in [1.82, 2.24) is 10.2 Å². The fourth-order valence-corrected chi connectivity index (χ4v) is 2.46. The maximum atomic E-state index is 12.2. The first-order valence-corrected chi connectivity index (χ1v) is 7.04. The summed E-state index contributed by atoms with van der Waals surface area (Å²) in [4.78, 5) is 14.2. The lowest BCUT2D eigenvalue weighted by molar-refractivity contribution is 0.179. The molecular formula is C14H28N2O. The summed E-state index contributed by atoms with van der Waals surface area (Å²) >= 11 is 0. The van der Waals surface area contributed by atoms with Crippen LogP contribution in [0, 0.1) is 11.8 Å². The first kappa shape index (κ1) is 14.3. The summed E-state index contributed by atoms with van der Waals surface area (Å²) in [5.74, 6) is 1.06. The molecule has 0 radical (unpaired) electrons. The Morgan fingerprint density at radius 2 is 1.59 bits per heavy atom. The van der Waals surface area contributed by atoms with E-state index in [0.29, 0.717) is 17.9 Å². The average molecular weight is 240 g/mol. The van der Waals surface area contributed by atoms with Crippen LogP contribution in [0.15, 0.2) is 0 Å². The van der Waals surface area contributed by atoms with Crippen molar-refractivity contribution in [2.45, 2.75) is 59.4 Å². The minimum atomic E-state index is 0.138. The van der Waals surface area contributed by atoms with Gasteiger partial charge in [-0.05, 0) is 24.7 Å². The quantitative estimate of drug-likeness (QED) is 0.786. The Labute approximate surface area is 106 Å². The van der Waals surface area contributed by atoms with Gasteiger partial charge in [-0.3, -0.25) is 0 Å². The van der Waals surface area contributed by atoms with E-state index >= 15 is 0 Å². The lowest BCUT2D eigenvalue weighted by Gasteiger charge is -2.28. The molecule has 100 valence electrons. The molecule has 1 fully saturated rings. The Balaban J connectivity index is 2.45. The second-order valence-electron chi connectivity index (χ2n) is 6.12. The van der Waals surface area contributed by atoms with E-state index in [1.807, 2.05) is 4.90 Å². The number of amides is 2. The highest BCUT2D eigenvalue weighted by Gasteiger charge is 2.21. The van der Waals surface area contributed by atoms with Crippen LogP contribution in [0.1, 0.15) is 53.4 Å². The smallest absolute Gasteiger partial charge is 0.317 e. The third-order valence-electron chi connectivity index (χ3n) is 3.14. The fourth-order valence-electron chi connectivity index (χ4n) is 2.46. The number of nitrogens with one attached hydrogen (secondary N) is 1. The third kappa shape index (κ3) is 5.42. The van der Waals surface area contributed by atoms with Crippen molar-refractivity contribution in [3.63, 3.8) is 0 Å². The molecule has 0 bridgehead atoms. The Morgan fingerprint density at radius 1 is 1.12 bits per heavy atom. The zero-order chi connectivity index (χ0) is 12.8. The summed E-state index contributed by atoms with van der Waals surface area (Å²) in [5, 5.41) is 3.18. The van der Waals surface area contributed by atoms with Gasteiger partial charge in [-0.1, -0.05) is 40.5 Å². The van der Waals surface area contributed by atoms with Gasteiger partial charge in [-0.15, -0.1) is 0 Å². The van der Waals surface area contributed by atoms with Gasteiger partial charge in [-0.2, -0.15) is 0 Å². The van der Waals surface area contributed by atoms with Crippen molar-refractivity contribution < 1.29 is 4.79 Å². The molecule has 0 heterocycles. The summed E-state index contributed by atoms with van der Waals surface area (Å²) in [6, 6.07) is 0.559. The molecule has 0 aliphatic heterocycles. The van der Waals surface area contributed by atoms with Gasteiger partial charge in [0.15, 0.2) is 0 Å². The molecule has 0 unspecified atom stereocenters. The second kappa shape index (κ2) is 6.87. The maximum Gasteiger partial charge on any atom is 0.317 e. The van der Waals surface area contributed by atoms with Gasteiger partial charge in [0.1, 0.15) is 0 Å². The first-order chi connectivity index (χ1) is 7.99. The van der Waals surface area contributed by atoms with Crippen molar-refractivity contribution in [1.29, 1.82) is 0 Å². The average Bonchev–Trinajstić information content (AvgIpc) is 2.67. The fraction of sp³-hybridized carbons (Fsp3) is 0.929. The number of carbonyl (C=O) groups is 1. The molecule has 17 heavy (non-hydrogen) atoms. The maximum absolute atomic E-state index is 12.2. The number of rotatable bonds is 5. The molecule has 0 aromatic heterocycles. The topological polar surface area (TPSA) is 32.3 Å². The Bertz CT molecular complexity index is 222. The number of nitrogens with zero attached hydrogens (tertiary/aromatic N) is 1. The summed E-state index contributed by atoms with van der Waals surface area (Å²) in [7, 11) is 0. The zero-order valence-electron chi connectivity index (χ0n) is 11.8. The summed E-state index contributed by atoms with van der Waals surface area (Å²) < 4.78 is 0. The van der Waals surface area contributed by atoms with Crippen molar-refractivity contribution in [3.8, 4) is 0 Å². The van der Waals surface area contributed by atoms with Crippen LogP contribution >= 0.6 is 0 Å². The van der Waals surface area contributed by atoms with Crippen LogP contribution in [0.25, 0.3) is 0 Å². The molecule has 1 aliphatic carbocycles. The molecule has 1 saturated carbocycles. The van der Waals surface area contributed by atoms with Gasteiger partial charge in [0.05, 0.1) is 0 Å². The van der Waals surface area contributed by atoms with Gasteiger partial charge < -0.3 is 10.2 Å². The molecule has 0 spiro atoms. The highest BCUT2D eigenvalue weighted by molar-refractivity contribution is 5.74. The van der Waals surface area contributed by atoms with Crippen LogP contribution in [-0.2, 0) is 0 Å². The van der Waals surface area contributed by atoms with Gasteiger partial charge in [-0.25, -0.2) is 4.79 Å². The molecule has 1 N–H and O–H groups in total. The second-order valence-corrected chi connectivity index (χ2v) is 6.12. The normalized spacial score (nSPS) is 16.8.